The van der Waals surface area contributed by atoms with Crippen LogP contribution in [0.2, 0.25) is 0 Å². The highest BCUT2D eigenvalue weighted by Gasteiger charge is 2.28. The maximum absolute atomic E-state index is 12.7. The molecule has 0 aliphatic heterocycles. The second kappa shape index (κ2) is 7.34. The molecular formula is C28H22F3NO. The molecule has 0 unspecified atom stereocenters. The Labute approximate surface area is 189 Å². The van der Waals surface area contributed by atoms with Crippen LogP contribution in [0.15, 0.2) is 65.2 Å². The van der Waals surface area contributed by atoms with Gasteiger partial charge in [0.15, 0.2) is 0 Å². The second-order valence-electron chi connectivity index (χ2n) is 9.12. The molecule has 1 fully saturated rings. The fourth-order valence-electron chi connectivity index (χ4n) is 4.89. The van der Waals surface area contributed by atoms with Crippen LogP contribution in [0.5, 0.6) is 0 Å². The Morgan fingerprint density at radius 3 is 2.64 bits per heavy atom. The van der Waals surface area contributed by atoms with Gasteiger partial charge in [-0.15, -0.1) is 0 Å². The lowest BCUT2D eigenvalue weighted by atomic mass is 9.96. The lowest BCUT2D eigenvalue weighted by Gasteiger charge is -2.10. The first-order chi connectivity index (χ1) is 15.9. The second-order valence-corrected chi connectivity index (χ2v) is 9.12. The van der Waals surface area contributed by atoms with E-state index in [0.717, 1.165) is 44.1 Å². The summed E-state index contributed by atoms with van der Waals surface area (Å²) in [6.07, 6.45) is -0.863. The van der Waals surface area contributed by atoms with Crippen LogP contribution in [-0.4, -0.2) is 11.2 Å². The molecule has 0 saturated heterocycles. The number of fused-ring (bicyclic) bond motifs is 4. The number of hydrogen-bond acceptors (Lipinski definition) is 2. The fraction of sp³-hybridized carbons (Fsp3) is 0.250. The normalized spacial score (nSPS) is 14.5. The van der Waals surface area contributed by atoms with Gasteiger partial charge in [-0.2, -0.15) is 13.2 Å². The first-order valence-corrected chi connectivity index (χ1v) is 11.3. The van der Waals surface area contributed by atoms with Gasteiger partial charge in [-0.05, 0) is 78.4 Å². The molecule has 0 bridgehead atoms. The van der Waals surface area contributed by atoms with Crippen LogP contribution in [-0.2, 0) is 6.42 Å². The first kappa shape index (κ1) is 20.3. The van der Waals surface area contributed by atoms with Crippen LogP contribution < -0.4 is 0 Å². The molecule has 0 spiro atoms. The zero-order chi connectivity index (χ0) is 22.7. The summed E-state index contributed by atoms with van der Waals surface area (Å²) in [6.45, 7) is 2.07. The van der Waals surface area contributed by atoms with Crippen molar-refractivity contribution in [3.05, 3.63) is 77.5 Å². The van der Waals surface area contributed by atoms with Gasteiger partial charge < -0.3 is 4.42 Å². The number of pyridine rings is 1. The van der Waals surface area contributed by atoms with Crippen LogP contribution in [0.1, 0.15) is 41.9 Å². The van der Waals surface area contributed by atoms with E-state index in [2.05, 4.69) is 36.2 Å². The van der Waals surface area contributed by atoms with E-state index in [4.69, 9.17) is 4.42 Å². The van der Waals surface area contributed by atoms with Gasteiger partial charge in [-0.3, -0.25) is 4.98 Å². The minimum absolute atomic E-state index is 0.0285. The van der Waals surface area contributed by atoms with Crippen molar-refractivity contribution in [2.45, 2.75) is 44.7 Å². The van der Waals surface area contributed by atoms with Crippen LogP contribution in [0.25, 0.3) is 44.0 Å². The van der Waals surface area contributed by atoms with Gasteiger partial charge in [0, 0.05) is 34.3 Å². The summed E-state index contributed by atoms with van der Waals surface area (Å²) in [7, 11) is 0. The van der Waals surface area contributed by atoms with Crippen molar-refractivity contribution in [1.82, 2.24) is 4.98 Å². The highest BCUT2D eigenvalue weighted by atomic mass is 19.4. The van der Waals surface area contributed by atoms with Crippen LogP contribution >= 0.6 is 0 Å². The number of furan rings is 1. The van der Waals surface area contributed by atoms with Crippen molar-refractivity contribution in [1.29, 1.82) is 0 Å². The molecule has 1 aliphatic rings. The minimum atomic E-state index is -4.16. The van der Waals surface area contributed by atoms with Gasteiger partial charge >= 0.3 is 6.18 Å². The lowest BCUT2D eigenvalue weighted by molar-refractivity contribution is -0.133. The molecule has 33 heavy (non-hydrogen) atoms. The predicted octanol–water partition coefficient (Wildman–Crippen LogP) is 8.48. The third-order valence-electron chi connectivity index (χ3n) is 6.57. The van der Waals surface area contributed by atoms with Crippen molar-refractivity contribution in [3.63, 3.8) is 0 Å². The van der Waals surface area contributed by atoms with Crippen molar-refractivity contribution in [2.75, 3.05) is 0 Å². The molecule has 166 valence electrons. The van der Waals surface area contributed by atoms with Crippen molar-refractivity contribution >= 4 is 32.7 Å². The molecule has 6 rings (SSSR count). The van der Waals surface area contributed by atoms with E-state index in [-0.39, 0.29) is 6.42 Å². The third-order valence-corrected chi connectivity index (χ3v) is 6.57. The first-order valence-electron chi connectivity index (χ1n) is 11.3. The number of benzene rings is 3. The number of alkyl halides is 3. The lowest BCUT2D eigenvalue weighted by Crippen LogP contribution is -2.08. The van der Waals surface area contributed by atoms with Gasteiger partial charge in [-0.1, -0.05) is 30.3 Å². The topological polar surface area (TPSA) is 26.0 Å². The van der Waals surface area contributed by atoms with Crippen molar-refractivity contribution in [2.24, 2.45) is 0 Å². The molecule has 2 nitrogen and oxygen atoms in total. The highest BCUT2D eigenvalue weighted by Crippen LogP contribution is 2.47. The molecule has 3 aromatic carbocycles. The summed E-state index contributed by atoms with van der Waals surface area (Å²) in [5.41, 5.74) is 6.53. The molecule has 0 radical (unpaired) electrons. The Balaban J connectivity index is 1.53. The quantitative estimate of drug-likeness (QED) is 0.277. The van der Waals surface area contributed by atoms with Crippen molar-refractivity contribution < 1.29 is 17.6 Å². The van der Waals surface area contributed by atoms with E-state index in [1.165, 1.54) is 23.8 Å². The molecule has 5 heteroatoms. The van der Waals surface area contributed by atoms with E-state index in [1.54, 1.807) is 12.3 Å². The van der Waals surface area contributed by atoms with E-state index in [0.29, 0.717) is 11.5 Å². The summed E-state index contributed by atoms with van der Waals surface area (Å²) in [5, 5.41) is 4.07. The SMILES string of the molecule is Cc1cc(-c2nccc3cc(CCC(F)(F)F)ccc23)c2oc3cccc(C4CC4)c3c2c1. The van der Waals surface area contributed by atoms with Crippen LogP contribution in [0.3, 0.4) is 0 Å². The van der Waals surface area contributed by atoms with Gasteiger partial charge in [-0.25, -0.2) is 0 Å². The number of aryl methyl sites for hydroxylation is 2. The minimum Gasteiger partial charge on any atom is -0.455 e. The maximum Gasteiger partial charge on any atom is 0.389 e. The molecule has 1 saturated carbocycles. The van der Waals surface area contributed by atoms with E-state index < -0.39 is 12.6 Å². The summed E-state index contributed by atoms with van der Waals surface area (Å²) in [5.74, 6) is 0.601. The van der Waals surface area contributed by atoms with Crippen LogP contribution in [0, 0.1) is 6.92 Å². The Morgan fingerprint density at radius 2 is 1.85 bits per heavy atom. The number of halogens is 3. The monoisotopic (exact) mass is 445 g/mol. The average Bonchev–Trinajstić information content (AvgIpc) is 3.57. The Bertz CT molecular complexity index is 1530. The van der Waals surface area contributed by atoms with E-state index >= 15 is 0 Å². The van der Waals surface area contributed by atoms with Gasteiger partial charge in [0.2, 0.25) is 0 Å². The zero-order valence-electron chi connectivity index (χ0n) is 18.2. The molecule has 2 heterocycles. The molecular weight excluding hydrogens is 423 g/mol. The standard InChI is InChI=1S/C28H22F3NO/c1-16-13-22-25-20(18-6-7-18)3-2-4-24(25)33-27(22)23(14-16)26-21-8-5-17(9-11-28(29,30)31)15-19(21)10-12-32-26/h2-5,8,10,12-15,18H,6-7,9,11H2,1H3. The highest BCUT2D eigenvalue weighted by molar-refractivity contribution is 6.13. The number of aromatic nitrogens is 1. The Kier molecular flexibility index (Phi) is 4.51. The molecule has 5 aromatic rings. The molecule has 0 N–H and O–H groups in total. The summed E-state index contributed by atoms with van der Waals surface area (Å²) >= 11 is 0. The molecule has 0 amide bonds. The Hall–Kier alpha value is -3.34. The smallest absolute Gasteiger partial charge is 0.389 e. The van der Waals surface area contributed by atoms with Gasteiger partial charge in [0.05, 0.1) is 5.69 Å². The average molecular weight is 445 g/mol. The number of hydrogen-bond donors (Lipinski definition) is 0. The Morgan fingerprint density at radius 1 is 1.00 bits per heavy atom. The number of nitrogens with zero attached hydrogens (tertiary/aromatic N) is 1. The largest absolute Gasteiger partial charge is 0.455 e. The zero-order valence-corrected chi connectivity index (χ0v) is 18.2. The van der Waals surface area contributed by atoms with Crippen LogP contribution in [0.4, 0.5) is 13.2 Å². The molecule has 0 atom stereocenters. The summed E-state index contributed by atoms with van der Waals surface area (Å²) < 4.78 is 44.4. The van der Waals surface area contributed by atoms with Gasteiger partial charge in [0.1, 0.15) is 11.2 Å². The molecule has 2 aromatic heterocycles. The summed E-state index contributed by atoms with van der Waals surface area (Å²) in [4.78, 5) is 4.68. The van der Waals surface area contributed by atoms with E-state index in [1.807, 2.05) is 24.3 Å². The fourth-order valence-corrected chi connectivity index (χ4v) is 4.89. The van der Waals surface area contributed by atoms with Crippen molar-refractivity contribution in [3.8, 4) is 11.3 Å². The van der Waals surface area contributed by atoms with E-state index in [9.17, 15) is 13.2 Å². The number of rotatable bonds is 4. The molecule has 1 aliphatic carbocycles. The van der Waals surface area contributed by atoms with Gasteiger partial charge in [0.25, 0.3) is 0 Å². The maximum atomic E-state index is 12.7. The summed E-state index contributed by atoms with van der Waals surface area (Å²) in [6, 6.07) is 17.9. The predicted molar refractivity (Wildman–Crippen MR) is 126 cm³/mol. The third kappa shape index (κ3) is 3.65.